The highest BCUT2D eigenvalue weighted by Crippen LogP contribution is 2.12. The Kier molecular flexibility index (Phi) is 3.42. The Bertz CT molecular complexity index is 581. The maximum absolute atomic E-state index is 11.9. The van der Waals surface area contributed by atoms with Gasteiger partial charge in [-0.3, -0.25) is 14.8 Å². The largest absolute Gasteiger partial charge is 0.396 e. The van der Waals surface area contributed by atoms with Crippen LogP contribution in [0.1, 0.15) is 17.4 Å². The van der Waals surface area contributed by atoms with E-state index in [0.717, 1.165) is 0 Å². The molecule has 2 rings (SSSR count). The number of rotatable bonds is 3. The summed E-state index contributed by atoms with van der Waals surface area (Å²) in [6, 6.07) is 1.51. The summed E-state index contributed by atoms with van der Waals surface area (Å²) in [5, 5.41) is 6.76. The van der Waals surface area contributed by atoms with Crippen molar-refractivity contribution in [2.45, 2.75) is 13.5 Å². The molecule has 0 fully saturated rings. The molecule has 2 heterocycles. The second kappa shape index (κ2) is 5.01. The van der Waals surface area contributed by atoms with Crippen LogP contribution in [0, 0.1) is 0 Å². The maximum Gasteiger partial charge on any atom is 0.280 e. The summed E-state index contributed by atoms with van der Waals surface area (Å²) in [5.74, 6) is -0.361. The predicted molar refractivity (Wildman–Crippen MR) is 67.3 cm³/mol. The zero-order chi connectivity index (χ0) is 13.1. The van der Waals surface area contributed by atoms with E-state index in [1.54, 1.807) is 10.9 Å². The molecule has 0 unspecified atom stereocenters. The quantitative estimate of drug-likeness (QED) is 0.813. The van der Waals surface area contributed by atoms with E-state index < -0.39 is 5.91 Å². The van der Waals surface area contributed by atoms with Gasteiger partial charge in [0.25, 0.3) is 5.91 Å². The number of hydrogen-bond donors (Lipinski definition) is 2. The van der Waals surface area contributed by atoms with Crippen molar-refractivity contribution in [3.63, 3.8) is 0 Å². The van der Waals surface area contributed by atoms with Crippen molar-refractivity contribution in [1.82, 2.24) is 19.7 Å². The highest BCUT2D eigenvalue weighted by atomic mass is 35.5. The minimum Gasteiger partial charge on any atom is -0.396 e. The standard InChI is InChI=1S/C10H11ClN6O/c1-2-17-5-6(12)8(16-17)9(18)15-10-13-4-3-7(11)14-10/h3-5H,2,12H2,1H3,(H,13,14,15,18). The fourth-order valence-electron chi connectivity index (χ4n) is 1.33. The van der Waals surface area contributed by atoms with E-state index in [9.17, 15) is 4.79 Å². The number of amides is 1. The highest BCUT2D eigenvalue weighted by molar-refractivity contribution is 6.29. The van der Waals surface area contributed by atoms with Crippen LogP contribution < -0.4 is 11.1 Å². The van der Waals surface area contributed by atoms with E-state index in [1.165, 1.54) is 12.3 Å². The first-order valence-electron chi connectivity index (χ1n) is 5.23. The third-order valence-corrected chi connectivity index (χ3v) is 2.39. The third-order valence-electron chi connectivity index (χ3n) is 2.18. The maximum atomic E-state index is 11.9. The number of aryl methyl sites for hydroxylation is 1. The van der Waals surface area contributed by atoms with Crippen molar-refractivity contribution in [3.05, 3.63) is 29.3 Å². The van der Waals surface area contributed by atoms with Crippen molar-refractivity contribution >= 4 is 29.1 Å². The molecule has 1 amide bonds. The molecule has 0 spiro atoms. The smallest absolute Gasteiger partial charge is 0.280 e. The van der Waals surface area contributed by atoms with Crippen LogP contribution in [0.15, 0.2) is 18.5 Å². The fourth-order valence-corrected chi connectivity index (χ4v) is 1.47. The van der Waals surface area contributed by atoms with Gasteiger partial charge in [0.2, 0.25) is 5.95 Å². The molecule has 3 N–H and O–H groups in total. The van der Waals surface area contributed by atoms with Crippen molar-refractivity contribution in [3.8, 4) is 0 Å². The zero-order valence-electron chi connectivity index (χ0n) is 9.59. The summed E-state index contributed by atoms with van der Waals surface area (Å²) >= 11 is 5.69. The van der Waals surface area contributed by atoms with Crippen molar-refractivity contribution in [1.29, 1.82) is 0 Å². The van der Waals surface area contributed by atoms with Crippen molar-refractivity contribution in [2.75, 3.05) is 11.1 Å². The number of nitrogens with two attached hydrogens (primary N) is 1. The molecule has 94 valence electrons. The molecule has 0 aliphatic rings. The second-order valence-electron chi connectivity index (χ2n) is 3.45. The number of nitrogens with one attached hydrogen (secondary N) is 1. The molecule has 0 saturated heterocycles. The summed E-state index contributed by atoms with van der Waals surface area (Å²) < 4.78 is 1.57. The minimum absolute atomic E-state index is 0.109. The molecule has 0 aliphatic heterocycles. The number of aromatic nitrogens is 4. The van der Waals surface area contributed by atoms with Crippen LogP contribution >= 0.6 is 11.6 Å². The first-order valence-corrected chi connectivity index (χ1v) is 5.60. The lowest BCUT2D eigenvalue weighted by molar-refractivity contribution is 0.102. The molecule has 0 aliphatic carbocycles. The number of nitrogen functional groups attached to an aromatic ring is 1. The molecule has 0 bridgehead atoms. The van der Waals surface area contributed by atoms with Crippen molar-refractivity contribution in [2.24, 2.45) is 0 Å². The number of hydrogen-bond acceptors (Lipinski definition) is 5. The van der Waals surface area contributed by atoms with Gasteiger partial charge in [0.05, 0.1) is 5.69 Å². The van der Waals surface area contributed by atoms with Gasteiger partial charge in [-0.05, 0) is 13.0 Å². The van der Waals surface area contributed by atoms with Gasteiger partial charge in [-0.25, -0.2) is 9.97 Å². The van der Waals surface area contributed by atoms with Gasteiger partial charge in [0, 0.05) is 18.9 Å². The summed E-state index contributed by atoms with van der Waals surface area (Å²) in [7, 11) is 0. The molecule has 0 radical (unpaired) electrons. The molecule has 8 heteroatoms. The van der Waals surface area contributed by atoms with Crippen molar-refractivity contribution < 1.29 is 4.79 Å². The summed E-state index contributed by atoms with van der Waals surface area (Å²) in [6.07, 6.45) is 3.03. The number of halogens is 1. The first kappa shape index (κ1) is 12.3. The minimum atomic E-state index is -0.470. The Morgan fingerprint density at radius 2 is 2.39 bits per heavy atom. The number of anilines is 2. The van der Waals surface area contributed by atoms with E-state index in [1.807, 2.05) is 6.92 Å². The van der Waals surface area contributed by atoms with E-state index >= 15 is 0 Å². The highest BCUT2D eigenvalue weighted by Gasteiger charge is 2.15. The Morgan fingerprint density at radius 1 is 1.61 bits per heavy atom. The predicted octanol–water partition coefficient (Wildman–Crippen LogP) is 1.18. The van der Waals surface area contributed by atoms with E-state index in [0.29, 0.717) is 12.2 Å². The molecule has 18 heavy (non-hydrogen) atoms. The molecule has 7 nitrogen and oxygen atoms in total. The van der Waals surface area contributed by atoms with E-state index in [-0.39, 0.29) is 16.8 Å². The first-order chi connectivity index (χ1) is 8.60. The Hall–Kier alpha value is -2.15. The average molecular weight is 267 g/mol. The molecular weight excluding hydrogens is 256 g/mol. The molecule has 2 aromatic heterocycles. The number of carbonyl (C=O) groups excluding carboxylic acids is 1. The summed E-state index contributed by atoms with van der Waals surface area (Å²) in [5.41, 5.74) is 6.13. The molecule has 0 aromatic carbocycles. The zero-order valence-corrected chi connectivity index (χ0v) is 10.3. The Labute approximate surface area is 108 Å². The molecule has 2 aromatic rings. The van der Waals surface area contributed by atoms with Gasteiger partial charge in [-0.2, -0.15) is 5.10 Å². The summed E-state index contributed by atoms with van der Waals surface area (Å²) in [6.45, 7) is 2.53. The van der Waals surface area contributed by atoms with Gasteiger partial charge in [0.15, 0.2) is 5.69 Å². The van der Waals surface area contributed by atoms with Crippen LogP contribution in [0.25, 0.3) is 0 Å². The van der Waals surface area contributed by atoms with Crippen LogP contribution in [0.4, 0.5) is 11.6 Å². The van der Waals surface area contributed by atoms with Gasteiger partial charge < -0.3 is 5.73 Å². The monoisotopic (exact) mass is 266 g/mol. The van der Waals surface area contributed by atoms with Crippen LogP contribution in [0.5, 0.6) is 0 Å². The van der Waals surface area contributed by atoms with Crippen LogP contribution in [-0.4, -0.2) is 25.7 Å². The SMILES string of the molecule is CCn1cc(N)c(C(=O)Nc2nccc(Cl)n2)n1. The van der Waals surface area contributed by atoms with E-state index in [2.05, 4.69) is 20.4 Å². The fraction of sp³-hybridized carbons (Fsp3) is 0.200. The van der Waals surface area contributed by atoms with Gasteiger partial charge in [0.1, 0.15) is 5.15 Å². The lowest BCUT2D eigenvalue weighted by Crippen LogP contribution is -2.16. The normalized spacial score (nSPS) is 10.3. The van der Waals surface area contributed by atoms with Gasteiger partial charge >= 0.3 is 0 Å². The Balaban J connectivity index is 2.19. The third kappa shape index (κ3) is 2.57. The molecule has 0 atom stereocenters. The summed E-state index contributed by atoms with van der Waals surface area (Å²) in [4.78, 5) is 19.6. The topological polar surface area (TPSA) is 98.7 Å². The van der Waals surface area contributed by atoms with Gasteiger partial charge in [-0.15, -0.1) is 0 Å². The van der Waals surface area contributed by atoms with Crippen LogP contribution in [0.2, 0.25) is 5.15 Å². The van der Waals surface area contributed by atoms with Gasteiger partial charge in [-0.1, -0.05) is 11.6 Å². The lowest BCUT2D eigenvalue weighted by atomic mass is 10.3. The average Bonchev–Trinajstić information content (AvgIpc) is 2.70. The lowest BCUT2D eigenvalue weighted by Gasteiger charge is -2.01. The van der Waals surface area contributed by atoms with E-state index in [4.69, 9.17) is 17.3 Å². The number of nitrogens with zero attached hydrogens (tertiary/aromatic N) is 4. The molecule has 0 saturated carbocycles. The number of carbonyl (C=O) groups is 1. The Morgan fingerprint density at radius 3 is 3.00 bits per heavy atom. The van der Waals surface area contributed by atoms with Crippen LogP contribution in [0.3, 0.4) is 0 Å². The second-order valence-corrected chi connectivity index (χ2v) is 3.83. The molecular formula is C10H11ClN6O. The van der Waals surface area contributed by atoms with Crippen LogP contribution in [-0.2, 0) is 6.54 Å².